The first-order valence-electron chi connectivity index (χ1n) is 9.18. The van der Waals surface area contributed by atoms with Crippen LogP contribution in [0.5, 0.6) is 5.75 Å². The lowest BCUT2D eigenvalue weighted by Gasteiger charge is -2.25. The van der Waals surface area contributed by atoms with E-state index in [2.05, 4.69) is 25.7 Å². The van der Waals surface area contributed by atoms with Gasteiger partial charge in [0.05, 0.1) is 6.61 Å². The number of esters is 1. The van der Waals surface area contributed by atoms with Crippen molar-refractivity contribution in [2.45, 2.75) is 60.9 Å². The van der Waals surface area contributed by atoms with Gasteiger partial charge >= 0.3 is 5.97 Å². The average Bonchev–Trinajstić information content (AvgIpc) is 2.60. The van der Waals surface area contributed by atoms with Gasteiger partial charge in [0.25, 0.3) is 0 Å². The molecule has 0 aliphatic rings. The van der Waals surface area contributed by atoms with Crippen molar-refractivity contribution >= 4 is 5.97 Å². The largest absolute Gasteiger partial charge is 0.493 e. The first-order valence-corrected chi connectivity index (χ1v) is 9.18. The van der Waals surface area contributed by atoms with Gasteiger partial charge in [-0.25, -0.2) is 4.79 Å². The highest BCUT2D eigenvalue weighted by Gasteiger charge is 2.17. The maximum Gasteiger partial charge on any atom is 0.341 e. The van der Waals surface area contributed by atoms with Crippen molar-refractivity contribution in [1.82, 2.24) is 4.90 Å². The van der Waals surface area contributed by atoms with Gasteiger partial charge in [0.1, 0.15) is 17.9 Å². The molecule has 0 radical (unpaired) electrons. The number of carbonyl (C=O) groups is 1. The van der Waals surface area contributed by atoms with Gasteiger partial charge in [-0.3, -0.25) is 4.90 Å². The second-order valence-electron chi connectivity index (χ2n) is 5.52. The molecule has 0 aliphatic heterocycles. The van der Waals surface area contributed by atoms with Crippen molar-refractivity contribution in [3.8, 4) is 5.75 Å². The Morgan fingerprint density at radius 2 is 1.79 bits per heavy atom. The number of hydrogen-bond acceptors (Lipinski definition) is 4. The molecule has 0 aliphatic carbocycles. The van der Waals surface area contributed by atoms with Crippen molar-refractivity contribution in [2.75, 3.05) is 26.3 Å². The molecule has 0 N–H and O–H groups in total. The number of aryl methyl sites for hydroxylation is 1. The van der Waals surface area contributed by atoms with Gasteiger partial charge in [-0.05, 0) is 51.1 Å². The van der Waals surface area contributed by atoms with E-state index in [4.69, 9.17) is 9.47 Å². The molecule has 24 heavy (non-hydrogen) atoms. The van der Waals surface area contributed by atoms with Crippen molar-refractivity contribution < 1.29 is 14.3 Å². The number of benzene rings is 1. The second kappa shape index (κ2) is 12.8. The number of hydrogen-bond donors (Lipinski definition) is 0. The monoisotopic (exact) mass is 337 g/mol. The summed E-state index contributed by atoms with van der Waals surface area (Å²) in [6.45, 7) is 17.2. The van der Waals surface area contributed by atoms with Gasteiger partial charge in [0, 0.05) is 6.04 Å². The van der Waals surface area contributed by atoms with Crippen LogP contribution in [-0.4, -0.2) is 43.2 Å². The Kier molecular flexibility index (Phi) is 12.0. The summed E-state index contributed by atoms with van der Waals surface area (Å²) in [4.78, 5) is 14.6. The van der Waals surface area contributed by atoms with Gasteiger partial charge in [-0.15, -0.1) is 0 Å². The normalized spacial score (nSPS) is 11.5. The lowest BCUT2D eigenvalue weighted by Crippen LogP contribution is -2.36. The first kappa shape index (κ1) is 22.4. The van der Waals surface area contributed by atoms with E-state index in [1.807, 2.05) is 39.8 Å². The molecule has 0 fully saturated rings. The summed E-state index contributed by atoms with van der Waals surface area (Å²) in [5, 5.41) is 0. The molecule has 0 aromatic heterocycles. The third-order valence-corrected chi connectivity index (χ3v) is 3.71. The Hall–Kier alpha value is -1.55. The third kappa shape index (κ3) is 7.35. The Labute approximate surface area is 148 Å². The fourth-order valence-electron chi connectivity index (χ4n) is 2.36. The summed E-state index contributed by atoms with van der Waals surface area (Å²) in [6.07, 6.45) is 0.904. The molecule has 0 saturated carbocycles. The standard InChI is InChI=1S/C18H29NO3.C2H6/c1-6-11-21-17-12-14(4)9-10-16(17)18(20)22-13-15(5)19(7-2)8-3;1-2/h9-10,12,15H,6-8,11,13H2,1-5H3;1-2H3/t15-;/m0./s1. The lowest BCUT2D eigenvalue weighted by molar-refractivity contribution is 0.0377. The highest BCUT2D eigenvalue weighted by Crippen LogP contribution is 2.21. The van der Waals surface area contributed by atoms with E-state index in [1.54, 1.807) is 6.07 Å². The minimum absolute atomic E-state index is 0.212. The molecule has 1 rings (SSSR count). The van der Waals surface area contributed by atoms with Crippen LogP contribution in [-0.2, 0) is 4.74 Å². The zero-order chi connectivity index (χ0) is 18.5. The summed E-state index contributed by atoms with van der Waals surface area (Å²) in [7, 11) is 0. The molecule has 0 spiro atoms. The number of rotatable bonds is 9. The van der Waals surface area contributed by atoms with E-state index in [1.165, 1.54) is 0 Å². The quantitative estimate of drug-likeness (QED) is 0.612. The van der Waals surface area contributed by atoms with Gasteiger partial charge in [-0.2, -0.15) is 0 Å². The van der Waals surface area contributed by atoms with Gasteiger partial charge in [0.2, 0.25) is 0 Å². The molecule has 4 nitrogen and oxygen atoms in total. The Balaban J connectivity index is 0.00000254. The van der Waals surface area contributed by atoms with Crippen LogP contribution in [0.2, 0.25) is 0 Å². The summed E-state index contributed by atoms with van der Waals surface area (Å²) >= 11 is 0. The Morgan fingerprint density at radius 3 is 2.33 bits per heavy atom. The van der Waals surface area contributed by atoms with Crippen LogP contribution < -0.4 is 4.74 Å². The summed E-state index contributed by atoms with van der Waals surface area (Å²) in [5.41, 5.74) is 1.57. The summed E-state index contributed by atoms with van der Waals surface area (Å²) < 4.78 is 11.1. The fourth-order valence-corrected chi connectivity index (χ4v) is 2.36. The number of ether oxygens (including phenoxy) is 2. The molecule has 1 atom stereocenters. The zero-order valence-electron chi connectivity index (χ0n) is 16.5. The molecule has 0 saturated heterocycles. The highest BCUT2D eigenvalue weighted by molar-refractivity contribution is 5.92. The predicted octanol–water partition coefficient (Wildman–Crippen LogP) is 4.70. The second-order valence-corrected chi connectivity index (χ2v) is 5.52. The third-order valence-electron chi connectivity index (χ3n) is 3.71. The van der Waals surface area contributed by atoms with E-state index in [0.717, 1.165) is 25.1 Å². The molecule has 1 aromatic rings. The fraction of sp³-hybridized carbons (Fsp3) is 0.650. The lowest BCUT2D eigenvalue weighted by atomic mass is 10.1. The maximum absolute atomic E-state index is 12.3. The molecule has 0 bridgehead atoms. The van der Waals surface area contributed by atoms with E-state index in [-0.39, 0.29) is 12.0 Å². The van der Waals surface area contributed by atoms with Gasteiger partial charge in [-0.1, -0.05) is 40.7 Å². The summed E-state index contributed by atoms with van der Waals surface area (Å²) in [5.74, 6) is 0.299. The van der Waals surface area contributed by atoms with Crippen LogP contribution in [0.1, 0.15) is 63.9 Å². The number of likely N-dealkylation sites (N-methyl/N-ethyl adjacent to an activating group) is 1. The predicted molar refractivity (Wildman–Crippen MR) is 101 cm³/mol. The summed E-state index contributed by atoms with van der Waals surface area (Å²) in [6, 6.07) is 5.79. The highest BCUT2D eigenvalue weighted by atomic mass is 16.5. The molecule has 0 unspecified atom stereocenters. The zero-order valence-corrected chi connectivity index (χ0v) is 16.5. The van der Waals surface area contributed by atoms with Crippen LogP contribution in [0, 0.1) is 6.92 Å². The number of carbonyl (C=O) groups excluding carboxylic acids is 1. The smallest absolute Gasteiger partial charge is 0.341 e. The molecule has 4 heteroatoms. The minimum Gasteiger partial charge on any atom is -0.493 e. The number of nitrogens with zero attached hydrogens (tertiary/aromatic N) is 1. The maximum atomic E-state index is 12.3. The molecule has 1 aromatic carbocycles. The van der Waals surface area contributed by atoms with Crippen LogP contribution >= 0.6 is 0 Å². The van der Waals surface area contributed by atoms with E-state index in [9.17, 15) is 4.79 Å². The van der Waals surface area contributed by atoms with Crippen molar-refractivity contribution in [2.24, 2.45) is 0 Å². The Bertz CT molecular complexity index is 470. The molecule has 0 amide bonds. The average molecular weight is 338 g/mol. The van der Waals surface area contributed by atoms with Crippen LogP contribution in [0.4, 0.5) is 0 Å². The van der Waals surface area contributed by atoms with Crippen molar-refractivity contribution in [3.63, 3.8) is 0 Å². The van der Waals surface area contributed by atoms with E-state index in [0.29, 0.717) is 24.5 Å². The minimum atomic E-state index is -0.315. The van der Waals surface area contributed by atoms with Crippen LogP contribution in [0.15, 0.2) is 18.2 Å². The van der Waals surface area contributed by atoms with Crippen molar-refractivity contribution in [1.29, 1.82) is 0 Å². The Morgan fingerprint density at radius 1 is 1.17 bits per heavy atom. The van der Waals surface area contributed by atoms with E-state index < -0.39 is 0 Å². The van der Waals surface area contributed by atoms with Gasteiger partial charge in [0.15, 0.2) is 0 Å². The van der Waals surface area contributed by atoms with Crippen molar-refractivity contribution in [3.05, 3.63) is 29.3 Å². The topological polar surface area (TPSA) is 38.8 Å². The molecule has 138 valence electrons. The van der Waals surface area contributed by atoms with Gasteiger partial charge < -0.3 is 9.47 Å². The van der Waals surface area contributed by atoms with Crippen LogP contribution in [0.3, 0.4) is 0 Å². The molecule has 0 heterocycles. The van der Waals surface area contributed by atoms with E-state index >= 15 is 0 Å². The SMILES string of the molecule is CC.CCCOc1cc(C)ccc1C(=O)OC[C@H](C)N(CC)CC. The molecular formula is C20H35NO3. The first-order chi connectivity index (χ1) is 11.5. The van der Waals surface area contributed by atoms with Crippen LogP contribution in [0.25, 0.3) is 0 Å². The molecular weight excluding hydrogens is 302 g/mol.